The minimum absolute atomic E-state index is 0.0397. The van der Waals surface area contributed by atoms with Gasteiger partial charge in [0.15, 0.2) is 11.6 Å². The number of carbonyl (C=O) groups excluding carboxylic acids is 1. The van der Waals surface area contributed by atoms with Crippen LogP contribution in [0, 0.1) is 5.82 Å². The molecular formula is C25H28F4N5O5P. The van der Waals surface area contributed by atoms with Crippen molar-refractivity contribution in [1.29, 1.82) is 0 Å². The molecule has 15 heteroatoms. The third kappa shape index (κ3) is 5.88. The SMILES string of the molecule is CCC(CC)(c1ccc(Nc2ncc(C(F)(F)F)c(Nc3ccccc3C(=O)NC)n2)c(OC)c1F)P(=O)(O)O. The lowest BCUT2D eigenvalue weighted by atomic mass is 9.91. The summed E-state index contributed by atoms with van der Waals surface area (Å²) < 4.78 is 74.5. The number of nitrogens with zero attached hydrogens (tertiary/aromatic N) is 2. The molecule has 0 aliphatic heterocycles. The van der Waals surface area contributed by atoms with E-state index in [2.05, 4.69) is 25.9 Å². The molecule has 40 heavy (non-hydrogen) atoms. The van der Waals surface area contributed by atoms with Gasteiger partial charge in [0.05, 0.1) is 29.2 Å². The van der Waals surface area contributed by atoms with Crippen molar-refractivity contribution >= 4 is 36.6 Å². The predicted molar refractivity (Wildman–Crippen MR) is 141 cm³/mol. The number of anilines is 4. The molecule has 0 unspecified atom stereocenters. The highest BCUT2D eigenvalue weighted by Gasteiger charge is 2.47. The van der Waals surface area contributed by atoms with E-state index in [0.717, 1.165) is 7.11 Å². The van der Waals surface area contributed by atoms with Crippen LogP contribution in [-0.2, 0) is 15.9 Å². The van der Waals surface area contributed by atoms with Gasteiger partial charge >= 0.3 is 13.8 Å². The molecule has 0 spiro atoms. The number of para-hydroxylation sites is 1. The maximum absolute atomic E-state index is 15.6. The predicted octanol–water partition coefficient (Wildman–Crippen LogP) is 5.68. The van der Waals surface area contributed by atoms with Crippen molar-refractivity contribution in [2.75, 3.05) is 24.8 Å². The maximum atomic E-state index is 15.6. The summed E-state index contributed by atoms with van der Waals surface area (Å²) >= 11 is 0. The molecule has 0 bridgehead atoms. The van der Waals surface area contributed by atoms with Crippen molar-refractivity contribution in [1.82, 2.24) is 15.3 Å². The van der Waals surface area contributed by atoms with Crippen LogP contribution in [0.15, 0.2) is 42.6 Å². The lowest BCUT2D eigenvalue weighted by Crippen LogP contribution is -2.26. The van der Waals surface area contributed by atoms with Gasteiger partial charge in [-0.3, -0.25) is 9.36 Å². The van der Waals surface area contributed by atoms with Crippen molar-refractivity contribution in [2.45, 2.75) is 38.0 Å². The first-order chi connectivity index (χ1) is 18.7. The standard InChI is InChI=1S/C25H28F4N5O5P/c1-5-24(6-2,40(36,37)38)15-11-12-18(20(39-4)19(15)26)33-23-31-13-16(25(27,28)29)21(34-23)32-17-10-8-7-9-14(17)22(35)30-3/h7-13H,5-6H2,1-4H3,(H,30,35)(H2,36,37,38)(H2,31,32,33,34). The van der Waals surface area contributed by atoms with Gasteiger partial charge in [0.25, 0.3) is 5.91 Å². The van der Waals surface area contributed by atoms with Crippen molar-refractivity contribution in [2.24, 2.45) is 0 Å². The summed E-state index contributed by atoms with van der Waals surface area (Å²) in [6, 6.07) is 8.30. The number of halogens is 4. The second-order valence-electron chi connectivity index (χ2n) is 8.62. The normalized spacial score (nSPS) is 12.2. The van der Waals surface area contributed by atoms with E-state index < -0.39 is 47.8 Å². The molecule has 1 amide bonds. The molecule has 10 nitrogen and oxygen atoms in total. The van der Waals surface area contributed by atoms with Gasteiger partial charge < -0.3 is 30.5 Å². The fourth-order valence-electron chi connectivity index (χ4n) is 4.33. The molecule has 0 radical (unpaired) electrons. The van der Waals surface area contributed by atoms with Crippen molar-refractivity contribution < 1.29 is 41.4 Å². The average molecular weight is 585 g/mol. The minimum atomic E-state index is -4.86. The van der Waals surface area contributed by atoms with Gasteiger partial charge in [0.1, 0.15) is 11.4 Å². The van der Waals surface area contributed by atoms with E-state index in [1.54, 1.807) is 0 Å². The molecule has 0 saturated carbocycles. The number of ether oxygens (including phenoxy) is 1. The number of methoxy groups -OCH3 is 1. The van der Waals surface area contributed by atoms with E-state index >= 15 is 4.39 Å². The summed E-state index contributed by atoms with van der Waals surface area (Å²) in [6.45, 7) is 3.04. The van der Waals surface area contributed by atoms with Crippen LogP contribution in [0.25, 0.3) is 0 Å². The number of rotatable bonds is 10. The van der Waals surface area contributed by atoms with Gasteiger partial charge in [-0.25, -0.2) is 9.37 Å². The Hall–Kier alpha value is -3.74. The Bertz CT molecular complexity index is 1440. The molecule has 0 aliphatic carbocycles. The van der Waals surface area contributed by atoms with Crippen molar-refractivity contribution in [3.63, 3.8) is 0 Å². The smallest absolute Gasteiger partial charge is 0.421 e. The average Bonchev–Trinajstić information content (AvgIpc) is 2.89. The van der Waals surface area contributed by atoms with Crippen molar-refractivity contribution in [3.05, 3.63) is 65.1 Å². The van der Waals surface area contributed by atoms with Gasteiger partial charge in [-0.1, -0.05) is 32.0 Å². The molecule has 1 aromatic heterocycles. The fourth-order valence-corrected chi connectivity index (χ4v) is 5.64. The molecular weight excluding hydrogens is 557 g/mol. The number of benzene rings is 2. The van der Waals surface area contributed by atoms with Gasteiger partial charge in [-0.05, 0) is 31.0 Å². The lowest BCUT2D eigenvalue weighted by Gasteiger charge is -2.33. The van der Waals surface area contributed by atoms with Gasteiger partial charge in [-0.2, -0.15) is 18.2 Å². The van der Waals surface area contributed by atoms with Crippen LogP contribution in [0.1, 0.15) is 48.2 Å². The van der Waals surface area contributed by atoms with Crippen LogP contribution < -0.4 is 20.7 Å². The summed E-state index contributed by atoms with van der Waals surface area (Å²) in [4.78, 5) is 39.9. The largest absolute Gasteiger partial charge is 0.492 e. The van der Waals surface area contributed by atoms with Crippen LogP contribution >= 0.6 is 7.60 Å². The number of alkyl halides is 3. The first kappa shape index (κ1) is 30.8. The number of carbonyl (C=O) groups is 1. The number of amides is 1. The Morgan fingerprint density at radius 3 is 2.23 bits per heavy atom. The fraction of sp³-hybridized carbons (Fsp3) is 0.320. The van der Waals surface area contributed by atoms with E-state index in [1.807, 2.05) is 0 Å². The molecule has 3 rings (SSSR count). The Morgan fingerprint density at radius 1 is 1.02 bits per heavy atom. The van der Waals surface area contributed by atoms with Crippen LogP contribution in [0.2, 0.25) is 0 Å². The summed E-state index contributed by atoms with van der Waals surface area (Å²) in [5.41, 5.74) is -1.50. The lowest BCUT2D eigenvalue weighted by molar-refractivity contribution is -0.137. The maximum Gasteiger partial charge on any atom is 0.421 e. The van der Waals surface area contributed by atoms with E-state index in [-0.39, 0.29) is 41.3 Å². The molecule has 5 N–H and O–H groups in total. The Balaban J connectivity index is 2.10. The third-order valence-corrected chi connectivity index (χ3v) is 8.51. The number of hydrogen-bond acceptors (Lipinski definition) is 7. The van der Waals surface area contributed by atoms with Gasteiger partial charge in [-0.15, -0.1) is 0 Å². The van der Waals surface area contributed by atoms with E-state index in [0.29, 0.717) is 6.20 Å². The highest BCUT2D eigenvalue weighted by molar-refractivity contribution is 7.53. The molecule has 216 valence electrons. The zero-order valence-electron chi connectivity index (χ0n) is 21.9. The Labute approximate surface area is 227 Å². The van der Waals surface area contributed by atoms with Gasteiger partial charge in [0.2, 0.25) is 5.95 Å². The molecule has 0 fully saturated rings. The van der Waals surface area contributed by atoms with Crippen LogP contribution in [0.5, 0.6) is 5.75 Å². The molecule has 0 atom stereocenters. The van der Waals surface area contributed by atoms with E-state index in [4.69, 9.17) is 4.74 Å². The first-order valence-electron chi connectivity index (χ1n) is 12.0. The second-order valence-corrected chi connectivity index (χ2v) is 10.6. The number of aromatic nitrogens is 2. The van der Waals surface area contributed by atoms with Gasteiger partial charge in [0, 0.05) is 18.8 Å². The zero-order valence-corrected chi connectivity index (χ0v) is 22.8. The zero-order chi connectivity index (χ0) is 29.9. The number of nitrogens with one attached hydrogen (secondary N) is 3. The van der Waals surface area contributed by atoms with Crippen LogP contribution in [0.4, 0.5) is 40.7 Å². The van der Waals surface area contributed by atoms with Crippen molar-refractivity contribution in [3.8, 4) is 5.75 Å². The molecule has 1 heterocycles. The molecule has 3 aromatic rings. The Kier molecular flexibility index (Phi) is 9.07. The number of hydrogen-bond donors (Lipinski definition) is 5. The monoisotopic (exact) mass is 585 g/mol. The highest BCUT2D eigenvalue weighted by Crippen LogP contribution is 2.62. The quantitative estimate of drug-likeness (QED) is 0.150. The second kappa shape index (κ2) is 11.8. The van der Waals surface area contributed by atoms with E-state index in [9.17, 15) is 32.3 Å². The first-order valence-corrected chi connectivity index (χ1v) is 13.6. The summed E-state index contributed by atoms with van der Waals surface area (Å²) in [6.07, 6.45) is -4.49. The Morgan fingerprint density at radius 2 is 1.68 bits per heavy atom. The topological polar surface area (TPSA) is 146 Å². The summed E-state index contributed by atoms with van der Waals surface area (Å²) in [5.74, 6) is -3.11. The minimum Gasteiger partial charge on any atom is -0.492 e. The molecule has 0 saturated heterocycles. The molecule has 2 aromatic carbocycles. The summed E-state index contributed by atoms with van der Waals surface area (Å²) in [5, 5.41) is 5.72. The van der Waals surface area contributed by atoms with E-state index in [1.165, 1.54) is 57.3 Å². The van der Waals surface area contributed by atoms with Crippen LogP contribution in [0.3, 0.4) is 0 Å². The molecule has 0 aliphatic rings. The summed E-state index contributed by atoms with van der Waals surface area (Å²) in [7, 11) is -2.33. The van der Waals surface area contributed by atoms with Crippen LogP contribution in [-0.4, -0.2) is 39.8 Å². The third-order valence-electron chi connectivity index (χ3n) is 6.52. The highest BCUT2D eigenvalue weighted by atomic mass is 31.2.